The van der Waals surface area contributed by atoms with E-state index in [9.17, 15) is 5.11 Å². The molecule has 0 aromatic carbocycles. The van der Waals surface area contributed by atoms with Crippen molar-refractivity contribution in [3.05, 3.63) is 34.9 Å². The van der Waals surface area contributed by atoms with E-state index in [-0.39, 0.29) is 6.10 Å². The lowest BCUT2D eigenvalue weighted by Crippen LogP contribution is -2.35. The van der Waals surface area contributed by atoms with Gasteiger partial charge in [-0.15, -0.1) is 0 Å². The lowest BCUT2D eigenvalue weighted by molar-refractivity contribution is 0.107. The number of rotatable bonds is 7. The maximum absolute atomic E-state index is 10.0. The highest BCUT2D eigenvalue weighted by Crippen LogP contribution is 2.58. The van der Waals surface area contributed by atoms with E-state index >= 15 is 0 Å². The van der Waals surface area contributed by atoms with Crippen LogP contribution in [-0.4, -0.2) is 11.2 Å². The summed E-state index contributed by atoms with van der Waals surface area (Å²) < 4.78 is 0. The first kappa shape index (κ1) is 21.9. The first-order valence-corrected chi connectivity index (χ1v) is 12.1. The molecule has 3 aliphatic rings. The molecule has 0 saturated heterocycles. The Hall–Kier alpha value is -0.820. The van der Waals surface area contributed by atoms with E-state index in [1.54, 1.807) is 5.57 Å². The summed E-state index contributed by atoms with van der Waals surface area (Å²) >= 11 is 0. The zero-order valence-corrected chi connectivity index (χ0v) is 19.1. The molecule has 0 spiro atoms. The molecular weight excluding hydrogens is 340 g/mol. The van der Waals surface area contributed by atoms with Gasteiger partial charge < -0.3 is 5.11 Å². The monoisotopic (exact) mass is 384 g/mol. The highest BCUT2D eigenvalue weighted by molar-refractivity contribution is 5.36. The third-order valence-electron chi connectivity index (χ3n) is 8.34. The maximum atomic E-state index is 10.0. The molecule has 0 aromatic heterocycles. The number of fused-ring (bicyclic) bond motifs is 1. The minimum absolute atomic E-state index is 0.142. The number of hydrogen-bond acceptors (Lipinski definition) is 1. The molecule has 0 aromatic rings. The largest absolute Gasteiger partial charge is 0.393 e. The molecule has 1 N–H and O–H groups in total. The molecule has 0 aliphatic heterocycles. The quantitative estimate of drug-likeness (QED) is 0.478. The van der Waals surface area contributed by atoms with Crippen molar-refractivity contribution >= 4 is 0 Å². The van der Waals surface area contributed by atoms with Crippen LogP contribution in [0.5, 0.6) is 0 Å². The summed E-state index contributed by atoms with van der Waals surface area (Å²) in [6.45, 7) is 12.1. The minimum Gasteiger partial charge on any atom is -0.393 e. The second-order valence-corrected chi connectivity index (χ2v) is 10.8. The Bertz CT molecular complexity index is 622. The predicted molar refractivity (Wildman–Crippen MR) is 121 cm³/mol. The average Bonchev–Trinajstić information content (AvgIpc) is 2.99. The highest BCUT2D eigenvalue weighted by atomic mass is 16.3. The van der Waals surface area contributed by atoms with Crippen molar-refractivity contribution in [2.45, 2.75) is 105 Å². The fourth-order valence-corrected chi connectivity index (χ4v) is 6.51. The molecule has 1 fully saturated rings. The van der Waals surface area contributed by atoms with E-state index in [1.165, 1.54) is 56.1 Å². The van der Waals surface area contributed by atoms with Crippen LogP contribution in [0.3, 0.4) is 0 Å². The highest BCUT2D eigenvalue weighted by Gasteiger charge is 2.49. The summed E-state index contributed by atoms with van der Waals surface area (Å²) in [4.78, 5) is 0. The van der Waals surface area contributed by atoms with E-state index in [4.69, 9.17) is 0 Å². The van der Waals surface area contributed by atoms with Crippen molar-refractivity contribution in [1.82, 2.24) is 0 Å². The molecule has 0 bridgehead atoms. The van der Waals surface area contributed by atoms with Gasteiger partial charge in [-0.2, -0.15) is 0 Å². The summed E-state index contributed by atoms with van der Waals surface area (Å²) in [7, 11) is 0. The molecule has 158 valence electrons. The van der Waals surface area contributed by atoms with E-state index < -0.39 is 0 Å². The molecule has 3 rings (SSSR count). The lowest BCUT2D eigenvalue weighted by Gasteiger charge is -2.43. The van der Waals surface area contributed by atoms with Crippen LogP contribution in [0.1, 0.15) is 98.8 Å². The molecule has 0 unspecified atom stereocenters. The smallest absolute Gasteiger partial charge is 0.0583 e. The van der Waals surface area contributed by atoms with E-state index in [2.05, 4.69) is 52.8 Å². The normalized spacial score (nSPS) is 34.8. The van der Waals surface area contributed by atoms with Crippen molar-refractivity contribution < 1.29 is 5.11 Å². The van der Waals surface area contributed by atoms with Gasteiger partial charge in [0.05, 0.1) is 6.10 Å². The van der Waals surface area contributed by atoms with Gasteiger partial charge in [0.1, 0.15) is 0 Å². The van der Waals surface area contributed by atoms with Gasteiger partial charge in [-0.1, -0.05) is 70.8 Å². The van der Waals surface area contributed by atoms with Gasteiger partial charge in [-0.05, 0) is 92.1 Å². The van der Waals surface area contributed by atoms with Gasteiger partial charge in [-0.3, -0.25) is 0 Å². The first-order chi connectivity index (χ1) is 13.3. The summed E-state index contributed by atoms with van der Waals surface area (Å²) in [5, 5.41) is 10.0. The Morgan fingerprint density at radius 2 is 1.93 bits per heavy atom. The molecule has 3 aliphatic carbocycles. The molecule has 5 atom stereocenters. The number of hydrogen-bond donors (Lipinski definition) is 1. The average molecular weight is 385 g/mol. The van der Waals surface area contributed by atoms with Crippen LogP contribution in [0.4, 0.5) is 0 Å². The molecule has 0 heterocycles. The van der Waals surface area contributed by atoms with Crippen molar-refractivity contribution in [1.29, 1.82) is 0 Å². The van der Waals surface area contributed by atoms with Crippen LogP contribution in [0.25, 0.3) is 0 Å². The summed E-state index contributed by atoms with van der Waals surface area (Å²) in [6, 6.07) is 0. The summed E-state index contributed by atoms with van der Waals surface area (Å²) in [6.07, 6.45) is 19.5. The third-order valence-corrected chi connectivity index (χ3v) is 8.34. The minimum atomic E-state index is -0.142. The van der Waals surface area contributed by atoms with Gasteiger partial charge >= 0.3 is 0 Å². The molecular formula is C27H44O. The Morgan fingerprint density at radius 1 is 1.14 bits per heavy atom. The van der Waals surface area contributed by atoms with Crippen molar-refractivity contribution in [2.75, 3.05) is 0 Å². The van der Waals surface area contributed by atoms with E-state index in [0.717, 1.165) is 42.9 Å². The lowest BCUT2D eigenvalue weighted by atomic mass is 9.62. The van der Waals surface area contributed by atoms with Crippen molar-refractivity contribution in [3.8, 4) is 0 Å². The Morgan fingerprint density at radius 3 is 2.68 bits per heavy atom. The fraction of sp³-hybridized carbons (Fsp3) is 0.778. The molecule has 28 heavy (non-hydrogen) atoms. The van der Waals surface area contributed by atoms with Crippen LogP contribution in [0, 0.1) is 29.1 Å². The SMILES string of the molecule is CC1=C(/C=C\C2=CCC[C@@]3(C)[C@@H]2CC[C@@H]3[C@H](C)CCCC(C)C)C[C@@H](O)CC1. The van der Waals surface area contributed by atoms with Crippen molar-refractivity contribution in [3.63, 3.8) is 0 Å². The Kier molecular flexibility index (Phi) is 7.29. The number of aliphatic hydroxyl groups is 1. The maximum Gasteiger partial charge on any atom is 0.0583 e. The van der Waals surface area contributed by atoms with Gasteiger partial charge in [0, 0.05) is 0 Å². The molecule has 0 amide bonds. The first-order valence-electron chi connectivity index (χ1n) is 12.1. The topological polar surface area (TPSA) is 20.2 Å². The van der Waals surface area contributed by atoms with E-state index in [1.807, 2.05) is 0 Å². The van der Waals surface area contributed by atoms with Gasteiger partial charge in [0.25, 0.3) is 0 Å². The zero-order chi connectivity index (χ0) is 20.3. The van der Waals surface area contributed by atoms with Crippen LogP contribution in [0.2, 0.25) is 0 Å². The molecule has 1 heteroatoms. The van der Waals surface area contributed by atoms with E-state index in [0.29, 0.717) is 5.41 Å². The fourth-order valence-electron chi connectivity index (χ4n) is 6.51. The van der Waals surface area contributed by atoms with Crippen molar-refractivity contribution in [2.24, 2.45) is 29.1 Å². The van der Waals surface area contributed by atoms with Crippen LogP contribution in [0.15, 0.2) is 34.9 Å². The van der Waals surface area contributed by atoms with Crippen LogP contribution in [-0.2, 0) is 0 Å². The molecule has 1 saturated carbocycles. The third kappa shape index (κ3) is 4.84. The Balaban J connectivity index is 1.67. The molecule has 0 radical (unpaired) electrons. The number of allylic oxidation sites excluding steroid dienone is 5. The molecule has 1 nitrogen and oxygen atoms in total. The van der Waals surface area contributed by atoms with Gasteiger partial charge in [0.2, 0.25) is 0 Å². The predicted octanol–water partition coefficient (Wildman–Crippen LogP) is 7.62. The summed E-state index contributed by atoms with van der Waals surface area (Å²) in [5.41, 5.74) is 4.93. The van der Waals surface area contributed by atoms with Crippen LogP contribution < -0.4 is 0 Å². The number of aliphatic hydroxyl groups excluding tert-OH is 1. The van der Waals surface area contributed by atoms with Crippen LogP contribution >= 0.6 is 0 Å². The second kappa shape index (κ2) is 9.33. The standard InChI is InChI=1S/C27H44O/c1-19(2)8-6-9-21(4)25-15-16-26-22(10-7-17-27(25,26)5)12-13-23-18-24(28)14-11-20(23)3/h10,12-13,19,21,24-26,28H,6-9,11,14-18H2,1-5H3/b13-12-/t21-,24+,25-,26-,27-/m1/s1. The Labute approximate surface area is 174 Å². The second-order valence-electron chi connectivity index (χ2n) is 10.8. The van der Waals surface area contributed by atoms with Gasteiger partial charge in [0.15, 0.2) is 0 Å². The van der Waals surface area contributed by atoms with Gasteiger partial charge in [-0.25, -0.2) is 0 Å². The zero-order valence-electron chi connectivity index (χ0n) is 19.1. The summed E-state index contributed by atoms with van der Waals surface area (Å²) in [5.74, 6) is 3.32.